The molecule has 1 saturated heterocycles. The summed E-state index contributed by atoms with van der Waals surface area (Å²) in [6, 6.07) is 19.1. The van der Waals surface area contributed by atoms with Gasteiger partial charge in [0.15, 0.2) is 0 Å². The average molecular weight is 464 g/mol. The van der Waals surface area contributed by atoms with E-state index in [1.807, 2.05) is 0 Å². The summed E-state index contributed by atoms with van der Waals surface area (Å²) in [5.41, 5.74) is 1.24. The minimum atomic E-state index is -0.542. The number of benzene rings is 3. The fourth-order valence-corrected chi connectivity index (χ4v) is 4.06. The van der Waals surface area contributed by atoms with Crippen molar-refractivity contribution in [2.45, 2.75) is 13.2 Å². The molecule has 0 aromatic heterocycles. The highest BCUT2D eigenvalue weighted by Gasteiger charge is 2.36. The monoisotopic (exact) mass is 464 g/mol. The molecule has 0 saturated carbocycles. The summed E-state index contributed by atoms with van der Waals surface area (Å²) in [6.07, 6.45) is 1.57. The fourth-order valence-electron chi connectivity index (χ4n) is 3.22. The molecule has 3 aromatic rings. The predicted molar refractivity (Wildman–Crippen MR) is 122 cm³/mol. The number of imide groups is 1. The molecule has 2 amide bonds. The maximum Gasteiger partial charge on any atom is 0.293 e. The van der Waals surface area contributed by atoms with Crippen LogP contribution in [-0.4, -0.2) is 21.0 Å². The lowest BCUT2D eigenvalue weighted by atomic mass is 10.1. The van der Waals surface area contributed by atoms with Gasteiger partial charge < -0.3 is 4.74 Å². The van der Waals surface area contributed by atoms with Crippen molar-refractivity contribution in [3.63, 3.8) is 0 Å². The Hall–Kier alpha value is -3.98. The van der Waals surface area contributed by atoms with Crippen molar-refractivity contribution in [2.24, 2.45) is 0 Å². The second-order valence-corrected chi connectivity index (χ2v) is 8.10. The summed E-state index contributed by atoms with van der Waals surface area (Å²) in [5.74, 6) is -0.325. The van der Waals surface area contributed by atoms with Crippen molar-refractivity contribution in [2.75, 3.05) is 0 Å². The van der Waals surface area contributed by atoms with E-state index < -0.39 is 16.1 Å². The molecule has 4 rings (SSSR count). The number of amides is 2. The zero-order valence-corrected chi connectivity index (χ0v) is 18.0. The van der Waals surface area contributed by atoms with Crippen molar-refractivity contribution in [3.05, 3.63) is 110 Å². The summed E-state index contributed by atoms with van der Waals surface area (Å²) in [5, 5.41) is 10.7. The van der Waals surface area contributed by atoms with E-state index in [1.165, 1.54) is 24.3 Å². The lowest BCUT2D eigenvalue weighted by Gasteiger charge is -2.12. The summed E-state index contributed by atoms with van der Waals surface area (Å²) in [4.78, 5) is 37.0. The molecule has 9 heteroatoms. The number of hydrogen-bond acceptors (Lipinski definition) is 6. The fraction of sp³-hybridized carbons (Fsp3) is 0.0833. The van der Waals surface area contributed by atoms with E-state index in [1.54, 1.807) is 54.6 Å². The normalized spacial score (nSPS) is 14.7. The van der Waals surface area contributed by atoms with Gasteiger partial charge in [0.25, 0.3) is 16.8 Å². The topological polar surface area (TPSA) is 89.8 Å². The highest BCUT2D eigenvalue weighted by atomic mass is 32.2. The first-order valence-electron chi connectivity index (χ1n) is 9.86. The van der Waals surface area contributed by atoms with Gasteiger partial charge in [0.05, 0.1) is 16.4 Å². The molecule has 0 bridgehead atoms. The third-order valence-corrected chi connectivity index (χ3v) is 5.83. The highest BCUT2D eigenvalue weighted by molar-refractivity contribution is 8.18. The van der Waals surface area contributed by atoms with E-state index in [9.17, 15) is 24.1 Å². The van der Waals surface area contributed by atoms with Crippen LogP contribution < -0.4 is 4.74 Å². The van der Waals surface area contributed by atoms with Gasteiger partial charge in [0.2, 0.25) is 0 Å². The largest absolute Gasteiger partial charge is 0.489 e. The Labute approximate surface area is 192 Å². The van der Waals surface area contributed by atoms with Gasteiger partial charge in [0, 0.05) is 17.2 Å². The summed E-state index contributed by atoms with van der Waals surface area (Å²) in [6.45, 7) is -0.0987. The van der Waals surface area contributed by atoms with Crippen molar-refractivity contribution in [1.82, 2.24) is 4.90 Å². The quantitative estimate of drug-likeness (QED) is 0.259. The van der Waals surface area contributed by atoms with Crippen molar-refractivity contribution >= 4 is 34.7 Å². The van der Waals surface area contributed by atoms with E-state index in [4.69, 9.17) is 4.74 Å². The van der Waals surface area contributed by atoms with Gasteiger partial charge >= 0.3 is 0 Å². The Morgan fingerprint density at radius 1 is 0.970 bits per heavy atom. The van der Waals surface area contributed by atoms with Crippen LogP contribution in [0.5, 0.6) is 5.75 Å². The number of nitro groups is 1. The van der Waals surface area contributed by atoms with E-state index in [0.29, 0.717) is 16.9 Å². The van der Waals surface area contributed by atoms with Crippen molar-refractivity contribution in [1.29, 1.82) is 0 Å². The van der Waals surface area contributed by atoms with Gasteiger partial charge in [-0.1, -0.05) is 48.5 Å². The van der Waals surface area contributed by atoms with E-state index in [0.717, 1.165) is 16.7 Å². The van der Waals surface area contributed by atoms with Crippen LogP contribution in [0.1, 0.15) is 16.7 Å². The van der Waals surface area contributed by atoms with Crippen LogP contribution in [-0.2, 0) is 17.9 Å². The van der Waals surface area contributed by atoms with Crippen LogP contribution in [0.25, 0.3) is 6.08 Å². The lowest BCUT2D eigenvalue weighted by Crippen LogP contribution is -2.27. The molecule has 0 atom stereocenters. The third-order valence-electron chi connectivity index (χ3n) is 4.92. The minimum Gasteiger partial charge on any atom is -0.489 e. The van der Waals surface area contributed by atoms with Gasteiger partial charge in [-0.05, 0) is 41.6 Å². The third kappa shape index (κ3) is 5.09. The number of nitrogens with zero attached hydrogens (tertiary/aromatic N) is 2. The SMILES string of the molecule is O=C1S/C(=C\c2ccc(OCc3ccccc3F)cc2)C(=O)N1Cc1ccccc1[N+](=O)[O-]. The Morgan fingerprint density at radius 2 is 1.64 bits per heavy atom. The van der Waals surface area contributed by atoms with Gasteiger partial charge in [0.1, 0.15) is 18.2 Å². The van der Waals surface area contributed by atoms with Gasteiger partial charge in [-0.25, -0.2) is 4.39 Å². The highest BCUT2D eigenvalue weighted by Crippen LogP contribution is 2.34. The molecule has 166 valence electrons. The van der Waals surface area contributed by atoms with Gasteiger partial charge in [-0.3, -0.25) is 24.6 Å². The van der Waals surface area contributed by atoms with Crippen LogP contribution in [0.15, 0.2) is 77.7 Å². The molecule has 0 radical (unpaired) electrons. The maximum absolute atomic E-state index is 13.7. The first kappa shape index (κ1) is 22.2. The lowest BCUT2D eigenvalue weighted by molar-refractivity contribution is -0.385. The molecule has 1 heterocycles. The molecule has 7 nitrogen and oxygen atoms in total. The number of hydrogen-bond donors (Lipinski definition) is 0. The Morgan fingerprint density at radius 3 is 2.33 bits per heavy atom. The molecule has 1 aliphatic rings. The zero-order valence-electron chi connectivity index (χ0n) is 17.1. The summed E-state index contributed by atoms with van der Waals surface area (Å²) >= 11 is 0.779. The molecule has 0 spiro atoms. The minimum absolute atomic E-state index is 0.0799. The first-order chi connectivity index (χ1) is 15.9. The van der Waals surface area contributed by atoms with Crippen LogP contribution >= 0.6 is 11.8 Å². The van der Waals surface area contributed by atoms with Crippen LogP contribution in [0, 0.1) is 15.9 Å². The molecule has 1 aliphatic heterocycles. The molecule has 3 aromatic carbocycles. The molecule has 33 heavy (non-hydrogen) atoms. The number of ether oxygens (including phenoxy) is 1. The molecule has 0 N–H and O–H groups in total. The van der Waals surface area contributed by atoms with Crippen LogP contribution in [0.4, 0.5) is 14.9 Å². The van der Waals surface area contributed by atoms with Crippen LogP contribution in [0.2, 0.25) is 0 Å². The molecule has 0 aliphatic carbocycles. The van der Waals surface area contributed by atoms with Crippen molar-refractivity contribution < 1.29 is 23.6 Å². The summed E-state index contributed by atoms with van der Waals surface area (Å²) < 4.78 is 19.3. The first-order valence-corrected chi connectivity index (χ1v) is 10.7. The molecule has 0 unspecified atom stereocenters. The second kappa shape index (κ2) is 9.66. The molecular weight excluding hydrogens is 447 g/mol. The van der Waals surface area contributed by atoms with E-state index in [2.05, 4.69) is 0 Å². The second-order valence-electron chi connectivity index (χ2n) is 7.10. The number of carbonyl (C=O) groups excluding carboxylic acids is 2. The molecular formula is C24H17FN2O5S. The smallest absolute Gasteiger partial charge is 0.293 e. The Kier molecular flexibility index (Phi) is 6.50. The Balaban J connectivity index is 1.44. The van der Waals surface area contributed by atoms with Crippen LogP contribution in [0.3, 0.4) is 0 Å². The van der Waals surface area contributed by atoms with Gasteiger partial charge in [-0.15, -0.1) is 0 Å². The zero-order chi connectivity index (χ0) is 23.4. The maximum atomic E-state index is 13.7. The number of para-hydroxylation sites is 1. The predicted octanol–water partition coefficient (Wildman–Crippen LogP) is 5.55. The number of thioether (sulfide) groups is 1. The Bertz CT molecular complexity index is 1260. The van der Waals surface area contributed by atoms with E-state index >= 15 is 0 Å². The summed E-state index contributed by atoms with van der Waals surface area (Å²) in [7, 11) is 0. The van der Waals surface area contributed by atoms with Gasteiger partial charge in [-0.2, -0.15) is 0 Å². The van der Waals surface area contributed by atoms with Crippen molar-refractivity contribution in [3.8, 4) is 5.75 Å². The number of nitro benzene ring substituents is 1. The number of rotatable bonds is 7. The number of carbonyl (C=O) groups is 2. The number of halogens is 1. The van der Waals surface area contributed by atoms with E-state index in [-0.39, 0.29) is 35.1 Å². The average Bonchev–Trinajstić information content (AvgIpc) is 3.07. The standard InChI is InChI=1S/C24H17FN2O5S/c25-20-7-3-1-6-18(20)15-32-19-11-9-16(10-12-19)13-22-23(28)26(24(29)33-22)14-17-5-2-4-8-21(17)27(30)31/h1-13H,14-15H2/b22-13-. The molecule has 1 fully saturated rings.